The van der Waals surface area contributed by atoms with Crippen LogP contribution in [0.15, 0.2) is 11.6 Å². The van der Waals surface area contributed by atoms with Gasteiger partial charge in [0.2, 0.25) is 0 Å². The standard InChI is InChI=1S/C14H22O/c1-10(2)5-4-6-11(3)14-8-7-13(15)12(14)9-14/h5,11-12H,4,6-9H2,1-3H3/t11-,12-,14-/m0/s1. The van der Waals surface area contributed by atoms with Gasteiger partial charge < -0.3 is 0 Å². The van der Waals surface area contributed by atoms with Crippen LogP contribution in [-0.2, 0) is 4.79 Å². The largest absolute Gasteiger partial charge is 0.299 e. The molecule has 2 rings (SSSR count). The fraction of sp³-hybridized carbons (Fsp3) is 0.786. The Balaban J connectivity index is 1.85. The normalized spacial score (nSPS) is 34.9. The Kier molecular flexibility index (Phi) is 2.74. The minimum Gasteiger partial charge on any atom is -0.299 e. The second-order valence-corrected chi connectivity index (χ2v) is 5.72. The van der Waals surface area contributed by atoms with E-state index in [9.17, 15) is 4.79 Å². The Hall–Kier alpha value is -0.590. The molecule has 0 spiro atoms. The van der Waals surface area contributed by atoms with Crippen LogP contribution in [-0.4, -0.2) is 5.78 Å². The third kappa shape index (κ3) is 1.89. The smallest absolute Gasteiger partial charge is 0.136 e. The molecule has 0 bridgehead atoms. The predicted octanol–water partition coefficient (Wildman–Crippen LogP) is 3.74. The summed E-state index contributed by atoms with van der Waals surface area (Å²) in [5.74, 6) is 1.74. The first kappa shape index (κ1) is 10.9. The van der Waals surface area contributed by atoms with Gasteiger partial charge in [-0.05, 0) is 50.9 Å². The maximum absolute atomic E-state index is 11.5. The number of Topliss-reactive ketones (excluding diaryl/α,β-unsaturated/α-hetero) is 1. The highest BCUT2D eigenvalue weighted by Crippen LogP contribution is 2.66. The molecule has 0 amide bonds. The number of allylic oxidation sites excluding steroid dienone is 2. The monoisotopic (exact) mass is 206 g/mol. The molecule has 84 valence electrons. The first-order valence-corrected chi connectivity index (χ1v) is 6.22. The van der Waals surface area contributed by atoms with E-state index in [1.807, 2.05) is 0 Å². The highest BCUT2D eigenvalue weighted by molar-refractivity contribution is 5.87. The highest BCUT2D eigenvalue weighted by atomic mass is 16.1. The second kappa shape index (κ2) is 3.77. The summed E-state index contributed by atoms with van der Waals surface area (Å²) in [6.07, 6.45) is 7.99. The summed E-state index contributed by atoms with van der Waals surface area (Å²) in [5, 5.41) is 0. The quantitative estimate of drug-likeness (QED) is 0.640. The van der Waals surface area contributed by atoms with Crippen molar-refractivity contribution in [3.63, 3.8) is 0 Å². The van der Waals surface area contributed by atoms with Crippen molar-refractivity contribution in [2.75, 3.05) is 0 Å². The van der Waals surface area contributed by atoms with Crippen molar-refractivity contribution in [2.45, 2.75) is 52.9 Å². The third-order valence-electron chi connectivity index (χ3n) is 4.48. The summed E-state index contributed by atoms with van der Waals surface area (Å²) < 4.78 is 0. The fourth-order valence-electron chi connectivity index (χ4n) is 3.26. The predicted molar refractivity (Wildman–Crippen MR) is 62.6 cm³/mol. The molecule has 3 atom stereocenters. The molecule has 2 aliphatic carbocycles. The van der Waals surface area contributed by atoms with Crippen molar-refractivity contribution in [1.29, 1.82) is 0 Å². The van der Waals surface area contributed by atoms with E-state index in [0.29, 0.717) is 17.1 Å². The summed E-state index contributed by atoms with van der Waals surface area (Å²) in [4.78, 5) is 11.5. The van der Waals surface area contributed by atoms with E-state index in [-0.39, 0.29) is 0 Å². The third-order valence-corrected chi connectivity index (χ3v) is 4.48. The molecular weight excluding hydrogens is 184 g/mol. The second-order valence-electron chi connectivity index (χ2n) is 5.72. The van der Waals surface area contributed by atoms with E-state index in [4.69, 9.17) is 0 Å². The Bertz CT molecular complexity index is 298. The maximum atomic E-state index is 11.5. The SMILES string of the molecule is CC(C)=CCC[C@H](C)[C@@]12CCC(=O)[C@@H]1C2. The van der Waals surface area contributed by atoms with Crippen LogP contribution in [0.2, 0.25) is 0 Å². The summed E-state index contributed by atoms with van der Waals surface area (Å²) in [5.41, 5.74) is 1.86. The van der Waals surface area contributed by atoms with Gasteiger partial charge in [-0.15, -0.1) is 0 Å². The molecule has 0 aromatic rings. The number of hydrogen-bond acceptors (Lipinski definition) is 1. The van der Waals surface area contributed by atoms with Gasteiger partial charge in [0, 0.05) is 12.3 Å². The zero-order valence-electron chi connectivity index (χ0n) is 10.2. The van der Waals surface area contributed by atoms with Crippen molar-refractivity contribution in [1.82, 2.24) is 0 Å². The number of hydrogen-bond donors (Lipinski definition) is 0. The average Bonchev–Trinajstić information content (AvgIpc) is 2.82. The number of fused-ring (bicyclic) bond motifs is 1. The average molecular weight is 206 g/mol. The van der Waals surface area contributed by atoms with E-state index < -0.39 is 0 Å². The molecule has 2 aliphatic rings. The molecule has 0 N–H and O–H groups in total. The van der Waals surface area contributed by atoms with Gasteiger partial charge in [0.05, 0.1) is 0 Å². The number of rotatable bonds is 4. The molecule has 0 aromatic carbocycles. The van der Waals surface area contributed by atoms with Gasteiger partial charge in [-0.2, -0.15) is 0 Å². The molecule has 0 saturated heterocycles. The minimum absolute atomic E-state index is 0.451. The molecule has 2 saturated carbocycles. The van der Waals surface area contributed by atoms with Crippen LogP contribution in [0.1, 0.15) is 52.9 Å². The van der Waals surface area contributed by atoms with Gasteiger partial charge >= 0.3 is 0 Å². The van der Waals surface area contributed by atoms with E-state index in [1.165, 1.54) is 31.3 Å². The molecule has 1 nitrogen and oxygen atoms in total. The molecule has 0 unspecified atom stereocenters. The van der Waals surface area contributed by atoms with Crippen molar-refractivity contribution in [3.8, 4) is 0 Å². The summed E-state index contributed by atoms with van der Waals surface area (Å²) in [6.45, 7) is 6.65. The van der Waals surface area contributed by atoms with Crippen molar-refractivity contribution in [2.24, 2.45) is 17.3 Å². The lowest BCUT2D eigenvalue weighted by Crippen LogP contribution is -2.12. The van der Waals surface area contributed by atoms with Gasteiger partial charge in [-0.3, -0.25) is 4.79 Å². The van der Waals surface area contributed by atoms with Crippen molar-refractivity contribution >= 4 is 5.78 Å². The number of ketones is 1. The van der Waals surface area contributed by atoms with Gasteiger partial charge in [0.15, 0.2) is 0 Å². The van der Waals surface area contributed by atoms with Crippen LogP contribution in [0.25, 0.3) is 0 Å². The fourth-order valence-corrected chi connectivity index (χ4v) is 3.26. The van der Waals surface area contributed by atoms with Crippen LogP contribution in [0.5, 0.6) is 0 Å². The zero-order chi connectivity index (χ0) is 11.1. The molecule has 0 heterocycles. The molecular formula is C14H22O. The van der Waals surface area contributed by atoms with Crippen LogP contribution in [0, 0.1) is 17.3 Å². The topological polar surface area (TPSA) is 17.1 Å². The maximum Gasteiger partial charge on any atom is 0.136 e. The number of carbonyl (C=O) groups is 1. The first-order valence-electron chi connectivity index (χ1n) is 6.22. The summed E-state index contributed by atoms with van der Waals surface area (Å²) >= 11 is 0. The molecule has 0 radical (unpaired) electrons. The van der Waals surface area contributed by atoms with E-state index in [0.717, 1.165) is 12.3 Å². The lowest BCUT2D eigenvalue weighted by atomic mass is 9.85. The Morgan fingerprint density at radius 1 is 1.60 bits per heavy atom. The van der Waals surface area contributed by atoms with Crippen LogP contribution in [0.3, 0.4) is 0 Å². The van der Waals surface area contributed by atoms with Crippen LogP contribution in [0.4, 0.5) is 0 Å². The van der Waals surface area contributed by atoms with Gasteiger partial charge in [0.25, 0.3) is 0 Å². The zero-order valence-corrected chi connectivity index (χ0v) is 10.2. The lowest BCUT2D eigenvalue weighted by molar-refractivity contribution is -0.119. The Labute approximate surface area is 92.9 Å². The van der Waals surface area contributed by atoms with Gasteiger partial charge in [-0.1, -0.05) is 18.6 Å². The van der Waals surface area contributed by atoms with Crippen molar-refractivity contribution in [3.05, 3.63) is 11.6 Å². The van der Waals surface area contributed by atoms with Gasteiger partial charge in [-0.25, -0.2) is 0 Å². The highest BCUT2D eigenvalue weighted by Gasteiger charge is 2.63. The van der Waals surface area contributed by atoms with E-state index in [2.05, 4.69) is 26.8 Å². The molecule has 2 fully saturated rings. The minimum atomic E-state index is 0.451. The Morgan fingerprint density at radius 3 is 2.80 bits per heavy atom. The van der Waals surface area contributed by atoms with E-state index in [1.54, 1.807) is 0 Å². The number of carbonyl (C=O) groups excluding carboxylic acids is 1. The van der Waals surface area contributed by atoms with Gasteiger partial charge in [0.1, 0.15) is 5.78 Å². The molecule has 15 heavy (non-hydrogen) atoms. The molecule has 0 aliphatic heterocycles. The summed E-state index contributed by atoms with van der Waals surface area (Å²) in [7, 11) is 0. The summed E-state index contributed by atoms with van der Waals surface area (Å²) in [6, 6.07) is 0. The van der Waals surface area contributed by atoms with Crippen LogP contribution >= 0.6 is 0 Å². The molecule has 0 aromatic heterocycles. The van der Waals surface area contributed by atoms with Crippen LogP contribution < -0.4 is 0 Å². The van der Waals surface area contributed by atoms with E-state index >= 15 is 0 Å². The molecule has 1 heteroatoms. The lowest BCUT2D eigenvalue weighted by Gasteiger charge is -2.20. The Morgan fingerprint density at radius 2 is 2.33 bits per heavy atom. The first-order chi connectivity index (χ1) is 7.06. The van der Waals surface area contributed by atoms with Crippen molar-refractivity contribution < 1.29 is 4.79 Å².